The third-order valence-electron chi connectivity index (χ3n) is 4.99. The predicted octanol–water partition coefficient (Wildman–Crippen LogP) is 2.59. The number of carbonyl (C=O) groups excluding carboxylic acids is 2. The van der Waals surface area contributed by atoms with E-state index < -0.39 is 6.10 Å². The van der Waals surface area contributed by atoms with Crippen LogP contribution in [0.2, 0.25) is 0 Å². The molecule has 154 valence electrons. The van der Waals surface area contributed by atoms with E-state index in [0.717, 1.165) is 0 Å². The van der Waals surface area contributed by atoms with Crippen molar-refractivity contribution in [3.8, 4) is 17.2 Å². The number of nitrogens with one attached hydrogen (secondary N) is 1. The molecule has 2 aromatic rings. The van der Waals surface area contributed by atoms with E-state index in [4.69, 9.17) is 9.47 Å². The molecule has 1 heterocycles. The normalized spacial score (nSPS) is 15.4. The number of phenols is 1. The number of likely N-dealkylation sites (tertiary alicyclic amines) is 1. The summed E-state index contributed by atoms with van der Waals surface area (Å²) in [7, 11) is 1.58. The van der Waals surface area contributed by atoms with E-state index in [1.165, 1.54) is 12.1 Å². The quantitative estimate of drug-likeness (QED) is 0.781. The first-order valence-corrected chi connectivity index (χ1v) is 9.65. The number of piperidine rings is 1. The van der Waals surface area contributed by atoms with Gasteiger partial charge in [0.05, 0.1) is 7.11 Å². The average molecular weight is 398 g/mol. The molecule has 3 rings (SSSR count). The van der Waals surface area contributed by atoms with E-state index in [2.05, 4.69) is 5.32 Å². The Morgan fingerprint density at radius 3 is 2.21 bits per heavy atom. The maximum atomic E-state index is 12.6. The Morgan fingerprint density at radius 2 is 1.62 bits per heavy atom. The third kappa shape index (κ3) is 5.40. The van der Waals surface area contributed by atoms with Crippen LogP contribution < -0.4 is 14.8 Å². The molecule has 0 radical (unpaired) electrons. The molecule has 29 heavy (non-hydrogen) atoms. The van der Waals surface area contributed by atoms with Crippen molar-refractivity contribution in [2.75, 3.05) is 20.2 Å². The van der Waals surface area contributed by atoms with Crippen LogP contribution >= 0.6 is 0 Å². The van der Waals surface area contributed by atoms with Gasteiger partial charge in [-0.3, -0.25) is 9.59 Å². The summed E-state index contributed by atoms with van der Waals surface area (Å²) in [5, 5.41) is 12.4. The number of benzene rings is 2. The molecule has 7 nitrogen and oxygen atoms in total. The van der Waals surface area contributed by atoms with E-state index >= 15 is 0 Å². The number of carbonyl (C=O) groups is 2. The van der Waals surface area contributed by atoms with E-state index in [1.807, 2.05) is 0 Å². The summed E-state index contributed by atoms with van der Waals surface area (Å²) >= 11 is 0. The van der Waals surface area contributed by atoms with Gasteiger partial charge < -0.3 is 24.8 Å². The largest absolute Gasteiger partial charge is 0.508 e. The SMILES string of the molecule is COc1ccc(C(=O)NC2CCN(C(=O)C(C)Oc3ccc(O)cc3)CC2)cc1. The zero-order chi connectivity index (χ0) is 20.8. The molecule has 0 saturated carbocycles. The molecule has 0 aliphatic carbocycles. The molecular formula is C22H26N2O5. The molecule has 2 amide bonds. The summed E-state index contributed by atoms with van der Waals surface area (Å²) in [6, 6.07) is 13.3. The minimum atomic E-state index is -0.620. The number of hydrogen-bond acceptors (Lipinski definition) is 5. The molecule has 1 unspecified atom stereocenters. The lowest BCUT2D eigenvalue weighted by Crippen LogP contribution is -2.49. The third-order valence-corrected chi connectivity index (χ3v) is 4.99. The van der Waals surface area contributed by atoms with Crippen LogP contribution in [-0.4, -0.2) is 54.2 Å². The van der Waals surface area contributed by atoms with E-state index in [1.54, 1.807) is 55.3 Å². The lowest BCUT2D eigenvalue weighted by molar-refractivity contribution is -0.139. The number of phenolic OH excluding ortho intramolecular Hbond substituents is 1. The van der Waals surface area contributed by atoms with Crippen LogP contribution in [0.1, 0.15) is 30.1 Å². The van der Waals surface area contributed by atoms with E-state index in [9.17, 15) is 14.7 Å². The smallest absolute Gasteiger partial charge is 0.263 e. The van der Waals surface area contributed by atoms with Crippen molar-refractivity contribution in [3.63, 3.8) is 0 Å². The number of hydrogen-bond donors (Lipinski definition) is 2. The first-order valence-electron chi connectivity index (χ1n) is 9.65. The summed E-state index contributed by atoms with van der Waals surface area (Å²) < 4.78 is 10.8. The van der Waals surface area contributed by atoms with Crippen molar-refractivity contribution in [1.29, 1.82) is 0 Å². The molecule has 1 fully saturated rings. The molecule has 1 atom stereocenters. The number of rotatable bonds is 6. The Kier molecular flexibility index (Phi) is 6.59. The van der Waals surface area contributed by atoms with Crippen LogP contribution in [0.3, 0.4) is 0 Å². The van der Waals surface area contributed by atoms with Gasteiger partial charge in [-0.2, -0.15) is 0 Å². The van der Waals surface area contributed by atoms with Crippen molar-refractivity contribution in [1.82, 2.24) is 10.2 Å². The zero-order valence-electron chi connectivity index (χ0n) is 16.6. The molecular weight excluding hydrogens is 372 g/mol. The Labute approximate surface area is 170 Å². The molecule has 2 aromatic carbocycles. The van der Waals surface area contributed by atoms with Crippen molar-refractivity contribution in [2.24, 2.45) is 0 Å². The minimum absolute atomic E-state index is 0.0296. The van der Waals surface area contributed by atoms with E-state index in [-0.39, 0.29) is 23.6 Å². The maximum absolute atomic E-state index is 12.6. The highest BCUT2D eigenvalue weighted by atomic mass is 16.5. The van der Waals surface area contributed by atoms with Crippen molar-refractivity contribution < 1.29 is 24.2 Å². The predicted molar refractivity (Wildman–Crippen MR) is 108 cm³/mol. The lowest BCUT2D eigenvalue weighted by Gasteiger charge is -2.33. The number of aromatic hydroxyl groups is 1. The fourth-order valence-electron chi connectivity index (χ4n) is 3.29. The molecule has 0 bridgehead atoms. The summed E-state index contributed by atoms with van der Waals surface area (Å²) in [6.45, 7) is 2.85. The fraction of sp³-hybridized carbons (Fsp3) is 0.364. The second-order valence-corrected chi connectivity index (χ2v) is 7.06. The molecule has 1 aliphatic rings. The van der Waals surface area contributed by atoms with Crippen LogP contribution in [-0.2, 0) is 4.79 Å². The molecule has 0 aromatic heterocycles. The standard InChI is InChI=1S/C22H26N2O5/c1-15(29-20-9-5-18(25)6-10-20)22(27)24-13-11-17(12-14-24)23-21(26)16-3-7-19(28-2)8-4-16/h3-10,15,17,25H,11-14H2,1-2H3,(H,23,26). The van der Waals surface area contributed by atoms with Gasteiger partial charge in [0.2, 0.25) is 0 Å². The molecule has 0 spiro atoms. The maximum Gasteiger partial charge on any atom is 0.263 e. The Morgan fingerprint density at radius 1 is 1.03 bits per heavy atom. The van der Waals surface area contributed by atoms with Gasteiger partial charge in [-0.25, -0.2) is 0 Å². The molecule has 1 aliphatic heterocycles. The first-order chi connectivity index (χ1) is 14.0. The number of amides is 2. The highest BCUT2D eigenvalue weighted by Gasteiger charge is 2.27. The van der Waals surface area contributed by atoms with Crippen LogP contribution in [0, 0.1) is 0 Å². The highest BCUT2D eigenvalue weighted by molar-refractivity contribution is 5.94. The van der Waals surface area contributed by atoms with Gasteiger partial charge in [-0.15, -0.1) is 0 Å². The summed E-state index contributed by atoms with van der Waals surface area (Å²) in [4.78, 5) is 26.8. The fourth-order valence-corrected chi connectivity index (χ4v) is 3.29. The Balaban J connectivity index is 1.47. The van der Waals surface area contributed by atoms with Crippen LogP contribution in [0.4, 0.5) is 0 Å². The van der Waals surface area contributed by atoms with Crippen molar-refractivity contribution in [2.45, 2.75) is 31.9 Å². The summed E-state index contributed by atoms with van der Waals surface area (Å²) in [5.41, 5.74) is 0.584. The Hall–Kier alpha value is -3.22. The minimum Gasteiger partial charge on any atom is -0.508 e. The summed E-state index contributed by atoms with van der Waals surface area (Å²) in [6.07, 6.45) is 0.768. The van der Waals surface area contributed by atoms with Gasteiger partial charge in [0.15, 0.2) is 6.10 Å². The van der Waals surface area contributed by atoms with Crippen LogP contribution in [0.25, 0.3) is 0 Å². The monoisotopic (exact) mass is 398 g/mol. The van der Waals surface area contributed by atoms with Gasteiger partial charge in [0.1, 0.15) is 17.2 Å². The lowest BCUT2D eigenvalue weighted by atomic mass is 10.0. The topological polar surface area (TPSA) is 88.1 Å². The van der Waals surface area contributed by atoms with Gasteiger partial charge in [0.25, 0.3) is 11.8 Å². The summed E-state index contributed by atoms with van der Waals surface area (Å²) in [5.74, 6) is 1.18. The van der Waals surface area contributed by atoms with Gasteiger partial charge >= 0.3 is 0 Å². The Bertz CT molecular complexity index is 827. The second kappa shape index (κ2) is 9.32. The van der Waals surface area contributed by atoms with Gasteiger partial charge in [-0.1, -0.05) is 0 Å². The zero-order valence-corrected chi connectivity index (χ0v) is 16.6. The average Bonchev–Trinajstić information content (AvgIpc) is 2.75. The van der Waals surface area contributed by atoms with Gasteiger partial charge in [-0.05, 0) is 68.3 Å². The highest BCUT2D eigenvalue weighted by Crippen LogP contribution is 2.19. The molecule has 2 N–H and O–H groups in total. The van der Waals surface area contributed by atoms with E-state index in [0.29, 0.717) is 43.0 Å². The molecule has 1 saturated heterocycles. The van der Waals surface area contributed by atoms with Gasteiger partial charge in [0, 0.05) is 24.7 Å². The van der Waals surface area contributed by atoms with Crippen molar-refractivity contribution in [3.05, 3.63) is 54.1 Å². The first kappa shape index (κ1) is 20.5. The second-order valence-electron chi connectivity index (χ2n) is 7.06. The number of ether oxygens (including phenoxy) is 2. The molecule has 7 heteroatoms. The van der Waals surface area contributed by atoms with Crippen LogP contribution in [0.5, 0.6) is 17.2 Å². The number of methoxy groups -OCH3 is 1. The van der Waals surface area contributed by atoms with Crippen molar-refractivity contribution >= 4 is 11.8 Å². The number of nitrogens with zero attached hydrogens (tertiary/aromatic N) is 1. The van der Waals surface area contributed by atoms with Crippen LogP contribution in [0.15, 0.2) is 48.5 Å².